The molecule has 0 aliphatic carbocycles. The number of aromatic nitrogens is 2. The zero-order valence-electron chi connectivity index (χ0n) is 11.9. The Labute approximate surface area is 127 Å². The van der Waals surface area contributed by atoms with Gasteiger partial charge in [-0.05, 0) is 31.6 Å². The number of rotatable bonds is 4. The third-order valence-corrected chi connectivity index (χ3v) is 5.85. The number of thioether (sulfide) groups is 1. The topological polar surface area (TPSA) is 49.8 Å². The van der Waals surface area contributed by atoms with Crippen molar-refractivity contribution in [1.82, 2.24) is 9.97 Å². The lowest BCUT2D eigenvalue weighted by Gasteiger charge is -2.21. The summed E-state index contributed by atoms with van der Waals surface area (Å²) in [5.74, 6) is 2.96. The Bertz CT molecular complexity index is 590. The molecule has 3 rings (SSSR count). The van der Waals surface area contributed by atoms with Crippen molar-refractivity contribution in [3.05, 3.63) is 10.9 Å². The molecule has 20 heavy (non-hydrogen) atoms. The minimum atomic E-state index is 0.693. The van der Waals surface area contributed by atoms with E-state index in [1.165, 1.54) is 29.9 Å². The van der Waals surface area contributed by atoms with E-state index in [9.17, 15) is 0 Å². The molecule has 0 saturated carbocycles. The number of aryl methyl sites for hydroxylation is 1. The van der Waals surface area contributed by atoms with Crippen LogP contribution < -0.4 is 10.6 Å². The lowest BCUT2D eigenvalue weighted by Crippen LogP contribution is -2.20. The fourth-order valence-corrected chi connectivity index (χ4v) is 4.59. The van der Waals surface area contributed by atoms with Gasteiger partial charge >= 0.3 is 0 Å². The van der Waals surface area contributed by atoms with Crippen LogP contribution in [0.4, 0.5) is 11.8 Å². The van der Waals surface area contributed by atoms with Crippen LogP contribution in [0.5, 0.6) is 0 Å². The van der Waals surface area contributed by atoms with Gasteiger partial charge in [0.2, 0.25) is 5.95 Å². The Morgan fingerprint density at radius 1 is 1.35 bits per heavy atom. The van der Waals surface area contributed by atoms with Gasteiger partial charge < -0.3 is 10.6 Å². The summed E-state index contributed by atoms with van der Waals surface area (Å²) in [7, 11) is 1.86. The summed E-state index contributed by atoms with van der Waals surface area (Å²) in [6.07, 6.45) is 4.04. The smallest absolute Gasteiger partial charge is 0.225 e. The molecule has 1 atom stereocenters. The van der Waals surface area contributed by atoms with E-state index in [1.807, 2.05) is 7.05 Å². The van der Waals surface area contributed by atoms with Gasteiger partial charge in [-0.25, -0.2) is 4.98 Å². The molecule has 0 spiro atoms. The Balaban J connectivity index is 1.81. The quantitative estimate of drug-likeness (QED) is 0.901. The minimum Gasteiger partial charge on any atom is -0.368 e. The summed E-state index contributed by atoms with van der Waals surface area (Å²) in [5.41, 5.74) is 0. The van der Waals surface area contributed by atoms with Crippen molar-refractivity contribution in [3.8, 4) is 0 Å². The predicted molar refractivity (Wildman–Crippen MR) is 90.3 cm³/mol. The summed E-state index contributed by atoms with van der Waals surface area (Å²) in [4.78, 5) is 11.4. The van der Waals surface area contributed by atoms with E-state index in [4.69, 9.17) is 0 Å². The van der Waals surface area contributed by atoms with Crippen molar-refractivity contribution in [1.29, 1.82) is 0 Å². The maximum atomic E-state index is 4.58. The van der Waals surface area contributed by atoms with Crippen LogP contribution in [0.25, 0.3) is 10.2 Å². The molecular formula is C14H20N4S2. The Hall–Kier alpha value is -1.01. The number of hydrogen-bond acceptors (Lipinski definition) is 6. The number of nitrogens with one attached hydrogen (secondary N) is 2. The molecule has 1 unspecified atom stereocenters. The van der Waals surface area contributed by atoms with E-state index >= 15 is 0 Å². The van der Waals surface area contributed by atoms with Gasteiger partial charge in [0.15, 0.2) is 0 Å². The first-order valence-electron chi connectivity index (χ1n) is 7.07. The van der Waals surface area contributed by atoms with Crippen LogP contribution in [0.1, 0.15) is 24.1 Å². The molecule has 4 nitrogen and oxygen atoms in total. The number of hydrogen-bond donors (Lipinski definition) is 2. The minimum absolute atomic E-state index is 0.693. The molecular weight excluding hydrogens is 288 g/mol. The molecule has 1 fully saturated rings. The summed E-state index contributed by atoms with van der Waals surface area (Å²) in [6, 6.07) is 2.18. The molecule has 0 radical (unpaired) electrons. The highest BCUT2D eigenvalue weighted by Gasteiger charge is 2.15. The Kier molecular flexibility index (Phi) is 4.31. The molecule has 2 N–H and O–H groups in total. The fourth-order valence-electron chi connectivity index (χ4n) is 2.47. The number of fused-ring (bicyclic) bond motifs is 1. The second kappa shape index (κ2) is 6.18. The molecule has 0 amide bonds. The highest BCUT2D eigenvalue weighted by Crippen LogP contribution is 2.30. The monoisotopic (exact) mass is 308 g/mol. The van der Waals surface area contributed by atoms with E-state index < -0.39 is 0 Å². The van der Waals surface area contributed by atoms with Gasteiger partial charge in [0.25, 0.3) is 0 Å². The molecule has 2 aromatic heterocycles. The number of thiophene rings is 1. The highest BCUT2D eigenvalue weighted by atomic mass is 32.2. The lowest BCUT2D eigenvalue weighted by atomic mass is 10.2. The molecule has 1 aliphatic heterocycles. The molecule has 0 aromatic carbocycles. The molecule has 1 aliphatic rings. The van der Waals surface area contributed by atoms with Gasteiger partial charge in [0, 0.05) is 23.7 Å². The lowest BCUT2D eigenvalue weighted by molar-refractivity contribution is 0.677. The van der Waals surface area contributed by atoms with E-state index in [0.717, 1.165) is 22.6 Å². The standard InChI is InChI=1S/C14H20N4S2/c1-9-7-11-12(16-8-10-5-3-4-6-19-10)17-14(15-2)18-13(11)20-9/h7,10H,3-6,8H2,1-2H3,(H2,15,16,17,18). The number of anilines is 2. The van der Waals surface area contributed by atoms with Crippen LogP contribution in [0, 0.1) is 6.92 Å². The van der Waals surface area contributed by atoms with Crippen molar-refractivity contribution < 1.29 is 0 Å². The van der Waals surface area contributed by atoms with Gasteiger partial charge in [-0.1, -0.05) is 6.42 Å². The van der Waals surface area contributed by atoms with Crippen LogP contribution in [0.2, 0.25) is 0 Å². The van der Waals surface area contributed by atoms with Crippen molar-refractivity contribution >= 4 is 45.1 Å². The second-order valence-corrected chi connectivity index (χ2v) is 7.73. The Morgan fingerprint density at radius 2 is 2.25 bits per heavy atom. The predicted octanol–water partition coefficient (Wildman–Crippen LogP) is 3.74. The van der Waals surface area contributed by atoms with Gasteiger partial charge in [-0.2, -0.15) is 16.7 Å². The molecule has 1 saturated heterocycles. The summed E-state index contributed by atoms with van der Waals surface area (Å²) in [5, 5.41) is 8.45. The second-order valence-electron chi connectivity index (χ2n) is 5.09. The van der Waals surface area contributed by atoms with Gasteiger partial charge in [0.1, 0.15) is 10.6 Å². The Morgan fingerprint density at radius 3 is 3.00 bits per heavy atom. The highest BCUT2D eigenvalue weighted by molar-refractivity contribution is 7.99. The van der Waals surface area contributed by atoms with E-state index in [2.05, 4.69) is 45.4 Å². The maximum Gasteiger partial charge on any atom is 0.225 e. The first-order chi connectivity index (χ1) is 9.76. The fraction of sp³-hybridized carbons (Fsp3) is 0.571. The van der Waals surface area contributed by atoms with Gasteiger partial charge in [0.05, 0.1) is 5.39 Å². The first kappa shape index (κ1) is 13.9. The van der Waals surface area contributed by atoms with Crippen molar-refractivity contribution in [2.75, 3.05) is 30.0 Å². The SMILES string of the molecule is CNc1nc(NCC2CCCCS2)c2cc(C)sc2n1. The van der Waals surface area contributed by atoms with E-state index in [-0.39, 0.29) is 0 Å². The molecule has 108 valence electrons. The van der Waals surface area contributed by atoms with Crippen molar-refractivity contribution in [3.63, 3.8) is 0 Å². The third kappa shape index (κ3) is 3.01. The summed E-state index contributed by atoms with van der Waals surface area (Å²) >= 11 is 3.81. The zero-order chi connectivity index (χ0) is 13.9. The molecule has 2 aromatic rings. The van der Waals surface area contributed by atoms with E-state index in [1.54, 1.807) is 11.3 Å². The summed E-state index contributed by atoms with van der Waals surface area (Å²) in [6.45, 7) is 3.11. The maximum absolute atomic E-state index is 4.58. The largest absolute Gasteiger partial charge is 0.368 e. The van der Waals surface area contributed by atoms with E-state index in [0.29, 0.717) is 11.2 Å². The average molecular weight is 308 g/mol. The average Bonchev–Trinajstić information content (AvgIpc) is 2.86. The zero-order valence-corrected chi connectivity index (χ0v) is 13.5. The molecule has 6 heteroatoms. The van der Waals surface area contributed by atoms with Crippen LogP contribution in [0.3, 0.4) is 0 Å². The normalized spacial score (nSPS) is 19.2. The van der Waals surface area contributed by atoms with Crippen LogP contribution in [0.15, 0.2) is 6.07 Å². The molecule has 3 heterocycles. The van der Waals surface area contributed by atoms with Gasteiger partial charge in [-0.15, -0.1) is 11.3 Å². The third-order valence-electron chi connectivity index (χ3n) is 3.51. The number of nitrogens with zero attached hydrogens (tertiary/aromatic N) is 2. The first-order valence-corrected chi connectivity index (χ1v) is 8.94. The molecule has 0 bridgehead atoms. The van der Waals surface area contributed by atoms with Crippen LogP contribution in [-0.4, -0.2) is 34.6 Å². The van der Waals surface area contributed by atoms with Crippen LogP contribution in [-0.2, 0) is 0 Å². The van der Waals surface area contributed by atoms with Crippen molar-refractivity contribution in [2.45, 2.75) is 31.4 Å². The summed E-state index contributed by atoms with van der Waals surface area (Å²) < 4.78 is 0. The van der Waals surface area contributed by atoms with Crippen molar-refractivity contribution in [2.24, 2.45) is 0 Å². The van der Waals surface area contributed by atoms with Crippen LogP contribution >= 0.6 is 23.1 Å². The van der Waals surface area contributed by atoms with Gasteiger partial charge in [-0.3, -0.25) is 0 Å².